The van der Waals surface area contributed by atoms with Gasteiger partial charge < -0.3 is 19.6 Å². The van der Waals surface area contributed by atoms with Crippen LogP contribution in [0.2, 0.25) is 0 Å². The summed E-state index contributed by atoms with van der Waals surface area (Å²) in [6, 6.07) is 2.95. The van der Waals surface area contributed by atoms with Crippen LogP contribution < -0.4 is 4.74 Å². The van der Waals surface area contributed by atoms with Crippen LogP contribution in [0, 0.1) is 10.1 Å². The summed E-state index contributed by atoms with van der Waals surface area (Å²) in [7, 11) is 1.27. The quantitative estimate of drug-likeness (QED) is 0.438. The van der Waals surface area contributed by atoms with Gasteiger partial charge in [0, 0.05) is 0 Å². The van der Waals surface area contributed by atoms with Crippen molar-refractivity contribution in [1.29, 1.82) is 0 Å². The minimum absolute atomic E-state index is 0.0164. The van der Waals surface area contributed by atoms with Crippen LogP contribution in [0.4, 0.5) is 5.82 Å². The zero-order chi connectivity index (χ0) is 12.8. The molecule has 0 N–H and O–H groups in total. The van der Waals surface area contributed by atoms with E-state index in [0.717, 1.165) is 0 Å². The number of aromatic nitrogens is 1. The molecule has 1 atom stereocenters. The van der Waals surface area contributed by atoms with Crippen LogP contribution in [0.5, 0.6) is 5.75 Å². The topological polar surface area (TPSA) is 91.6 Å². The van der Waals surface area contributed by atoms with Gasteiger partial charge in [0.15, 0.2) is 0 Å². The largest absolute Gasteiger partial charge is 0.482 e. The van der Waals surface area contributed by atoms with Crippen molar-refractivity contribution >= 4 is 11.8 Å². The van der Waals surface area contributed by atoms with E-state index in [1.54, 1.807) is 6.92 Å². The fourth-order valence-electron chi connectivity index (χ4n) is 1.19. The third-order valence-electron chi connectivity index (χ3n) is 1.93. The first-order valence-electron chi connectivity index (χ1n) is 4.87. The minimum Gasteiger partial charge on any atom is -0.482 e. The summed E-state index contributed by atoms with van der Waals surface area (Å²) in [5.74, 6) is -0.776. The SMILES string of the molecule is COC(=O)CC(C)Oc1cccnc1[N+](=O)[O-]. The molecular formula is C10H12N2O5. The Bertz CT molecular complexity index is 421. The zero-order valence-electron chi connectivity index (χ0n) is 9.45. The summed E-state index contributed by atoms with van der Waals surface area (Å²) in [5.41, 5.74) is 0. The van der Waals surface area contributed by atoms with Gasteiger partial charge in [-0.25, -0.2) is 0 Å². The molecule has 0 radical (unpaired) electrons. The summed E-state index contributed by atoms with van der Waals surface area (Å²) < 4.78 is 9.74. The summed E-state index contributed by atoms with van der Waals surface area (Å²) in [5, 5.41) is 10.7. The Kier molecular flexibility index (Phi) is 4.38. The summed E-state index contributed by atoms with van der Waals surface area (Å²) in [4.78, 5) is 24.6. The van der Waals surface area contributed by atoms with Gasteiger partial charge in [-0.15, -0.1) is 0 Å². The number of carbonyl (C=O) groups excluding carboxylic acids is 1. The number of hydrogen-bond donors (Lipinski definition) is 0. The summed E-state index contributed by atoms with van der Waals surface area (Å²) in [6.07, 6.45) is 0.795. The van der Waals surface area contributed by atoms with E-state index in [1.807, 2.05) is 0 Å². The first-order chi connectivity index (χ1) is 8.04. The number of pyridine rings is 1. The van der Waals surface area contributed by atoms with E-state index in [-0.39, 0.29) is 18.0 Å². The first-order valence-corrected chi connectivity index (χ1v) is 4.87. The number of ether oxygens (including phenoxy) is 2. The Morgan fingerprint density at radius 2 is 2.35 bits per heavy atom. The van der Waals surface area contributed by atoms with Crippen LogP contribution in [-0.2, 0) is 9.53 Å². The molecule has 7 nitrogen and oxygen atoms in total. The highest BCUT2D eigenvalue weighted by atomic mass is 16.6. The molecule has 0 amide bonds. The molecule has 17 heavy (non-hydrogen) atoms. The molecule has 0 bridgehead atoms. The third-order valence-corrected chi connectivity index (χ3v) is 1.93. The van der Waals surface area contributed by atoms with Crippen LogP contribution in [-0.4, -0.2) is 29.1 Å². The predicted molar refractivity (Wildman–Crippen MR) is 57.6 cm³/mol. The molecule has 1 rings (SSSR count). The van der Waals surface area contributed by atoms with Gasteiger partial charge in [-0.05, 0) is 29.0 Å². The molecule has 0 fully saturated rings. The lowest BCUT2D eigenvalue weighted by Gasteiger charge is -2.12. The van der Waals surface area contributed by atoms with E-state index in [0.29, 0.717) is 0 Å². The lowest BCUT2D eigenvalue weighted by molar-refractivity contribution is -0.390. The Hall–Kier alpha value is -2.18. The van der Waals surface area contributed by atoms with Crippen molar-refractivity contribution in [3.8, 4) is 5.75 Å². The van der Waals surface area contributed by atoms with E-state index < -0.39 is 17.0 Å². The Morgan fingerprint density at radius 1 is 1.65 bits per heavy atom. The van der Waals surface area contributed by atoms with Crippen molar-refractivity contribution in [3.05, 3.63) is 28.4 Å². The number of methoxy groups -OCH3 is 1. The molecular weight excluding hydrogens is 228 g/mol. The Labute approximate surface area is 97.5 Å². The normalized spacial score (nSPS) is 11.6. The van der Waals surface area contributed by atoms with Crippen molar-refractivity contribution < 1.29 is 19.2 Å². The molecule has 0 saturated carbocycles. The fraction of sp³-hybridized carbons (Fsp3) is 0.400. The van der Waals surface area contributed by atoms with E-state index in [1.165, 1.54) is 25.4 Å². The van der Waals surface area contributed by atoms with Gasteiger partial charge in [-0.1, -0.05) is 0 Å². The van der Waals surface area contributed by atoms with Crippen LogP contribution in [0.25, 0.3) is 0 Å². The fourth-order valence-corrected chi connectivity index (χ4v) is 1.19. The van der Waals surface area contributed by atoms with Gasteiger partial charge >= 0.3 is 11.8 Å². The molecule has 92 valence electrons. The second-order valence-corrected chi connectivity index (χ2v) is 3.29. The zero-order valence-corrected chi connectivity index (χ0v) is 9.45. The number of esters is 1. The molecule has 0 aliphatic carbocycles. The van der Waals surface area contributed by atoms with Gasteiger partial charge in [0.2, 0.25) is 5.75 Å². The van der Waals surface area contributed by atoms with Crippen molar-refractivity contribution in [2.45, 2.75) is 19.4 Å². The molecule has 0 aromatic carbocycles. The molecule has 1 unspecified atom stereocenters. The third kappa shape index (κ3) is 3.71. The van der Waals surface area contributed by atoms with Gasteiger partial charge in [0.05, 0.1) is 13.5 Å². The van der Waals surface area contributed by atoms with Gasteiger partial charge in [-0.2, -0.15) is 0 Å². The molecule has 1 heterocycles. The number of nitrogens with zero attached hydrogens (tertiary/aromatic N) is 2. The highest BCUT2D eigenvalue weighted by Crippen LogP contribution is 2.24. The monoisotopic (exact) mass is 240 g/mol. The van der Waals surface area contributed by atoms with E-state index in [9.17, 15) is 14.9 Å². The molecule has 0 spiro atoms. The number of rotatable bonds is 5. The minimum atomic E-state index is -0.639. The maximum absolute atomic E-state index is 11.0. The Morgan fingerprint density at radius 3 is 2.94 bits per heavy atom. The standard InChI is InChI=1S/C10H12N2O5/c1-7(6-9(13)16-2)17-8-4-3-5-11-10(8)12(14)15/h3-5,7H,6H2,1-2H3. The highest BCUT2D eigenvalue weighted by Gasteiger charge is 2.19. The molecule has 7 heteroatoms. The van der Waals surface area contributed by atoms with Crippen LogP contribution in [0.1, 0.15) is 13.3 Å². The van der Waals surface area contributed by atoms with Crippen molar-refractivity contribution in [2.24, 2.45) is 0 Å². The summed E-state index contributed by atoms with van der Waals surface area (Å²) >= 11 is 0. The average Bonchev–Trinajstić information content (AvgIpc) is 2.29. The summed E-state index contributed by atoms with van der Waals surface area (Å²) in [6.45, 7) is 1.62. The molecule has 0 aliphatic heterocycles. The predicted octanol–water partition coefficient (Wildman–Crippen LogP) is 1.32. The molecule has 0 aliphatic rings. The number of carbonyl (C=O) groups is 1. The smallest absolute Gasteiger partial charge is 0.406 e. The lowest BCUT2D eigenvalue weighted by atomic mass is 10.3. The van der Waals surface area contributed by atoms with Gasteiger partial charge in [0.1, 0.15) is 12.3 Å². The van der Waals surface area contributed by atoms with Crippen LogP contribution >= 0.6 is 0 Å². The van der Waals surface area contributed by atoms with Crippen molar-refractivity contribution in [1.82, 2.24) is 4.98 Å². The molecule has 1 aromatic rings. The van der Waals surface area contributed by atoms with E-state index in [2.05, 4.69) is 9.72 Å². The molecule has 1 aromatic heterocycles. The number of nitro groups is 1. The second-order valence-electron chi connectivity index (χ2n) is 3.29. The highest BCUT2D eigenvalue weighted by molar-refractivity contribution is 5.69. The number of hydrogen-bond acceptors (Lipinski definition) is 6. The maximum atomic E-state index is 11.0. The average molecular weight is 240 g/mol. The van der Waals surface area contributed by atoms with Crippen LogP contribution in [0.15, 0.2) is 18.3 Å². The first kappa shape index (κ1) is 12.9. The maximum Gasteiger partial charge on any atom is 0.406 e. The molecule has 0 saturated heterocycles. The van der Waals surface area contributed by atoms with Crippen LogP contribution in [0.3, 0.4) is 0 Å². The second kappa shape index (κ2) is 5.78. The van der Waals surface area contributed by atoms with Crippen molar-refractivity contribution in [3.63, 3.8) is 0 Å². The van der Waals surface area contributed by atoms with E-state index >= 15 is 0 Å². The van der Waals surface area contributed by atoms with Crippen molar-refractivity contribution in [2.75, 3.05) is 7.11 Å². The Balaban J connectivity index is 2.74. The van der Waals surface area contributed by atoms with Gasteiger partial charge in [-0.3, -0.25) is 4.79 Å². The van der Waals surface area contributed by atoms with Gasteiger partial charge in [0.25, 0.3) is 0 Å². The van der Waals surface area contributed by atoms with E-state index in [4.69, 9.17) is 4.74 Å². The lowest BCUT2D eigenvalue weighted by Crippen LogP contribution is -2.18.